The monoisotopic (exact) mass is 631 g/mol. The summed E-state index contributed by atoms with van der Waals surface area (Å²) in [6, 6.07) is 16.7. The molecule has 6 rings (SSSR count). The summed E-state index contributed by atoms with van der Waals surface area (Å²) in [6.45, 7) is 5.20. The molecule has 2 amide bonds. The van der Waals surface area contributed by atoms with Crippen LogP contribution in [0.5, 0.6) is 0 Å². The predicted molar refractivity (Wildman–Crippen MR) is 175 cm³/mol. The number of nitrogens with one attached hydrogen (secondary N) is 1. The van der Waals surface area contributed by atoms with Gasteiger partial charge in [-0.25, -0.2) is 4.98 Å². The number of para-hydroxylation sites is 1. The van der Waals surface area contributed by atoms with Crippen molar-refractivity contribution in [3.05, 3.63) is 65.5 Å². The molecule has 3 fully saturated rings. The zero-order chi connectivity index (χ0) is 31.2. The molecule has 0 spiro atoms. The van der Waals surface area contributed by atoms with Gasteiger partial charge >= 0.3 is 5.97 Å². The van der Waals surface area contributed by atoms with Crippen LogP contribution < -0.4 is 15.1 Å². The van der Waals surface area contributed by atoms with Gasteiger partial charge < -0.3 is 20.1 Å². The minimum absolute atomic E-state index is 0.345. The topological polar surface area (TPSA) is 115 Å². The van der Waals surface area contributed by atoms with Crippen LogP contribution in [0.25, 0.3) is 11.3 Å². The number of hydrogen-bond acceptors (Lipinski definition) is 8. The first-order valence-corrected chi connectivity index (χ1v) is 16.8. The molecule has 3 heterocycles. The number of hydrogen-bond donors (Lipinski definition) is 2. The number of carboxylic acids is 1. The number of amides is 2. The van der Waals surface area contributed by atoms with Crippen LogP contribution in [-0.2, 0) is 14.3 Å². The maximum absolute atomic E-state index is 14.0. The van der Waals surface area contributed by atoms with Gasteiger partial charge in [0.05, 0.1) is 18.9 Å². The highest BCUT2D eigenvalue weighted by Gasteiger charge is 2.44. The first-order valence-electron chi connectivity index (χ1n) is 16.0. The van der Waals surface area contributed by atoms with E-state index in [2.05, 4.69) is 20.5 Å². The molecule has 3 aliphatic rings. The fourth-order valence-electron chi connectivity index (χ4n) is 6.82. The maximum Gasteiger partial charge on any atom is 0.323 e. The Morgan fingerprint density at radius 1 is 0.956 bits per heavy atom. The molecule has 10 nitrogen and oxygen atoms in total. The van der Waals surface area contributed by atoms with Crippen molar-refractivity contribution < 1.29 is 24.2 Å². The molecular weight excluding hydrogens is 590 g/mol. The molecule has 0 radical (unpaired) electrons. The molecule has 11 heteroatoms. The smallest absolute Gasteiger partial charge is 0.323 e. The van der Waals surface area contributed by atoms with Crippen LogP contribution in [0.3, 0.4) is 0 Å². The summed E-state index contributed by atoms with van der Waals surface area (Å²) in [5.74, 6) is -1.84. The van der Waals surface area contributed by atoms with E-state index in [4.69, 9.17) is 9.72 Å². The average molecular weight is 632 g/mol. The van der Waals surface area contributed by atoms with E-state index in [1.807, 2.05) is 18.2 Å². The highest BCUT2D eigenvalue weighted by molar-refractivity contribution is 7.14. The number of carbonyl (C=O) groups is 3. The molecular formula is C34H41N5O5S. The Morgan fingerprint density at radius 3 is 2.31 bits per heavy atom. The van der Waals surface area contributed by atoms with Crippen LogP contribution in [0, 0.1) is 0 Å². The summed E-state index contributed by atoms with van der Waals surface area (Å²) in [6.07, 6.45) is 5.69. The molecule has 1 aliphatic carbocycles. The van der Waals surface area contributed by atoms with Gasteiger partial charge in [-0.15, -0.1) is 11.3 Å². The maximum atomic E-state index is 14.0. The van der Waals surface area contributed by atoms with Crippen LogP contribution in [0.15, 0.2) is 60.0 Å². The lowest BCUT2D eigenvalue weighted by Crippen LogP contribution is -2.61. The van der Waals surface area contributed by atoms with E-state index in [-0.39, 0.29) is 11.8 Å². The standard InChI is InChI=1S/C34H41N5O5S/c40-30(41)23-39(28-7-3-1-4-8-28)32(43)34(15-5-2-6-16-34)36-31(42)26-11-9-25(10-12-26)29-24-45-33(35-29)38-17-13-27(14-18-38)37-19-21-44-22-20-37/h1,3-4,7-12,24,27H,2,5-6,13-23H2,(H,36,42)(H,40,41). The van der Waals surface area contributed by atoms with Crippen LogP contribution >= 0.6 is 11.3 Å². The van der Waals surface area contributed by atoms with Crippen molar-refractivity contribution in [3.8, 4) is 11.3 Å². The molecule has 2 N–H and O–H groups in total. The van der Waals surface area contributed by atoms with Crippen molar-refractivity contribution in [3.63, 3.8) is 0 Å². The summed E-state index contributed by atoms with van der Waals surface area (Å²) < 4.78 is 5.51. The number of anilines is 2. The second kappa shape index (κ2) is 14.1. The normalized spacial score (nSPS) is 19.2. The Bertz CT molecular complexity index is 1460. The van der Waals surface area contributed by atoms with Crippen molar-refractivity contribution in [1.82, 2.24) is 15.2 Å². The van der Waals surface area contributed by atoms with Gasteiger partial charge in [0.1, 0.15) is 12.1 Å². The molecule has 1 saturated carbocycles. The number of benzene rings is 2. The summed E-state index contributed by atoms with van der Waals surface area (Å²) in [5, 5.41) is 15.7. The molecule has 0 atom stereocenters. The predicted octanol–water partition coefficient (Wildman–Crippen LogP) is 4.66. The molecule has 2 aromatic carbocycles. The lowest BCUT2D eigenvalue weighted by molar-refractivity contribution is -0.137. The second-order valence-corrected chi connectivity index (χ2v) is 13.0. The molecule has 0 bridgehead atoms. The van der Waals surface area contributed by atoms with E-state index >= 15 is 0 Å². The number of piperidine rings is 1. The first kappa shape index (κ1) is 31.2. The Balaban J connectivity index is 1.12. The van der Waals surface area contributed by atoms with E-state index in [1.165, 1.54) is 4.90 Å². The summed E-state index contributed by atoms with van der Waals surface area (Å²) in [4.78, 5) is 50.5. The quantitative estimate of drug-likeness (QED) is 0.351. The van der Waals surface area contributed by atoms with Gasteiger partial charge in [0.25, 0.3) is 11.8 Å². The van der Waals surface area contributed by atoms with E-state index in [0.717, 1.165) is 87.9 Å². The average Bonchev–Trinajstić information content (AvgIpc) is 3.59. The lowest BCUT2D eigenvalue weighted by Gasteiger charge is -2.40. The highest BCUT2D eigenvalue weighted by atomic mass is 32.1. The largest absolute Gasteiger partial charge is 0.480 e. The van der Waals surface area contributed by atoms with Gasteiger partial charge in [0, 0.05) is 54.4 Å². The van der Waals surface area contributed by atoms with Crippen molar-refractivity contribution >= 4 is 39.9 Å². The number of thiazole rings is 1. The molecule has 2 saturated heterocycles. The van der Waals surface area contributed by atoms with E-state index in [1.54, 1.807) is 47.7 Å². The molecule has 45 heavy (non-hydrogen) atoms. The molecule has 3 aromatic rings. The molecule has 238 valence electrons. The zero-order valence-corrected chi connectivity index (χ0v) is 26.3. The Labute approximate surface area is 268 Å². The highest BCUT2D eigenvalue weighted by Crippen LogP contribution is 2.33. The number of nitrogens with zero attached hydrogens (tertiary/aromatic N) is 4. The van der Waals surface area contributed by atoms with Crippen molar-refractivity contribution in [1.29, 1.82) is 0 Å². The first-order chi connectivity index (χ1) is 21.9. The zero-order valence-electron chi connectivity index (χ0n) is 25.5. The van der Waals surface area contributed by atoms with Crippen molar-refractivity contribution in [2.24, 2.45) is 0 Å². The van der Waals surface area contributed by atoms with E-state index < -0.39 is 18.1 Å². The third-order valence-electron chi connectivity index (χ3n) is 9.31. The molecule has 1 aromatic heterocycles. The number of carbonyl (C=O) groups excluding carboxylic acids is 2. The van der Waals surface area contributed by atoms with Crippen LogP contribution in [-0.4, -0.2) is 90.3 Å². The number of ether oxygens (including phenoxy) is 1. The fourth-order valence-corrected chi connectivity index (χ4v) is 7.71. The minimum atomic E-state index is -1.17. The summed E-state index contributed by atoms with van der Waals surface area (Å²) in [5.41, 5.74) is 1.58. The Kier molecular flexibility index (Phi) is 9.77. The van der Waals surface area contributed by atoms with Gasteiger partial charge in [-0.1, -0.05) is 49.6 Å². The third kappa shape index (κ3) is 7.21. The molecule has 2 aliphatic heterocycles. The summed E-state index contributed by atoms with van der Waals surface area (Å²) >= 11 is 1.65. The number of carboxylic acid groups (broad SMARTS) is 1. The van der Waals surface area contributed by atoms with Gasteiger partial charge in [0.2, 0.25) is 0 Å². The second-order valence-electron chi connectivity index (χ2n) is 12.2. The minimum Gasteiger partial charge on any atom is -0.480 e. The SMILES string of the molecule is O=C(O)CN(C(=O)C1(NC(=O)c2ccc(-c3csc(N4CCC(N5CCOCC5)CC4)n3)cc2)CCCCC1)c1ccccc1. The number of aromatic nitrogens is 1. The molecule has 0 unspecified atom stereocenters. The van der Waals surface area contributed by atoms with Crippen LogP contribution in [0.4, 0.5) is 10.8 Å². The number of morpholine rings is 1. The lowest BCUT2D eigenvalue weighted by atomic mass is 9.80. The van der Waals surface area contributed by atoms with Crippen molar-refractivity contribution in [2.75, 3.05) is 55.7 Å². The third-order valence-corrected chi connectivity index (χ3v) is 10.2. The Hall–Kier alpha value is -3.80. The summed E-state index contributed by atoms with van der Waals surface area (Å²) in [7, 11) is 0. The van der Waals surface area contributed by atoms with Gasteiger partial charge in [-0.05, 0) is 49.9 Å². The van der Waals surface area contributed by atoms with Gasteiger partial charge in [-0.3, -0.25) is 24.2 Å². The van der Waals surface area contributed by atoms with E-state index in [9.17, 15) is 19.5 Å². The number of aliphatic carboxylic acids is 1. The number of rotatable bonds is 9. The fraction of sp³-hybridized carbons (Fsp3) is 0.471. The van der Waals surface area contributed by atoms with Crippen LogP contribution in [0.1, 0.15) is 55.3 Å². The van der Waals surface area contributed by atoms with Gasteiger partial charge in [-0.2, -0.15) is 0 Å². The van der Waals surface area contributed by atoms with Gasteiger partial charge in [0.15, 0.2) is 5.13 Å². The van der Waals surface area contributed by atoms with Crippen LogP contribution in [0.2, 0.25) is 0 Å². The van der Waals surface area contributed by atoms with Crippen molar-refractivity contribution in [2.45, 2.75) is 56.5 Å². The Morgan fingerprint density at radius 2 is 1.64 bits per heavy atom. The van der Waals surface area contributed by atoms with E-state index in [0.29, 0.717) is 30.1 Å².